The second-order valence-electron chi connectivity index (χ2n) is 4.01. The van der Waals surface area contributed by atoms with Gasteiger partial charge in [-0.1, -0.05) is 12.1 Å². The molecule has 2 heterocycles. The van der Waals surface area contributed by atoms with Crippen LogP contribution in [0.1, 0.15) is 5.69 Å². The van der Waals surface area contributed by atoms with Crippen molar-refractivity contribution in [2.24, 2.45) is 0 Å². The minimum atomic E-state index is -0.121. The Labute approximate surface area is 123 Å². The highest BCUT2D eigenvalue weighted by atomic mass is 127. The summed E-state index contributed by atoms with van der Waals surface area (Å²) in [4.78, 5) is 4.39. The van der Waals surface area contributed by atoms with Crippen LogP contribution < -0.4 is 4.74 Å². The SMILES string of the molecule is OCc1c(Oc2cccc(I)c2)nc2ccccn12. The standard InChI is InChI=1S/C14H11IN2O2/c15-10-4-3-5-11(8-10)19-14-12(9-18)17-7-2-1-6-13(17)16-14/h1-8,18H,9H2. The molecule has 0 amide bonds. The lowest BCUT2D eigenvalue weighted by Gasteiger charge is -2.04. The molecule has 19 heavy (non-hydrogen) atoms. The van der Waals surface area contributed by atoms with Crippen molar-refractivity contribution in [1.82, 2.24) is 9.38 Å². The van der Waals surface area contributed by atoms with Crippen molar-refractivity contribution in [1.29, 1.82) is 0 Å². The number of fused-ring (bicyclic) bond motifs is 1. The number of rotatable bonds is 3. The van der Waals surface area contributed by atoms with Crippen molar-refractivity contribution in [2.45, 2.75) is 6.61 Å². The van der Waals surface area contributed by atoms with Gasteiger partial charge in [0.25, 0.3) is 0 Å². The maximum absolute atomic E-state index is 9.50. The molecule has 0 fully saturated rings. The summed E-state index contributed by atoms with van der Waals surface area (Å²) < 4.78 is 8.68. The normalized spacial score (nSPS) is 10.8. The maximum Gasteiger partial charge on any atom is 0.243 e. The summed E-state index contributed by atoms with van der Waals surface area (Å²) in [6.45, 7) is -0.121. The fourth-order valence-corrected chi connectivity index (χ4v) is 2.41. The lowest BCUT2D eigenvalue weighted by atomic mass is 10.3. The van der Waals surface area contributed by atoms with Gasteiger partial charge in [0.2, 0.25) is 5.88 Å². The zero-order valence-corrected chi connectivity index (χ0v) is 12.1. The molecular formula is C14H11IN2O2. The van der Waals surface area contributed by atoms with E-state index in [9.17, 15) is 5.11 Å². The van der Waals surface area contributed by atoms with Crippen molar-refractivity contribution in [3.63, 3.8) is 0 Å². The molecule has 96 valence electrons. The number of imidazole rings is 1. The van der Waals surface area contributed by atoms with E-state index in [4.69, 9.17) is 4.74 Å². The number of halogens is 1. The van der Waals surface area contributed by atoms with Crippen LogP contribution in [-0.2, 0) is 6.61 Å². The Morgan fingerprint density at radius 1 is 1.21 bits per heavy atom. The first-order valence-electron chi connectivity index (χ1n) is 5.78. The van der Waals surface area contributed by atoms with Gasteiger partial charge in [-0.05, 0) is 52.9 Å². The Bertz CT molecular complexity index is 724. The van der Waals surface area contributed by atoms with Gasteiger partial charge < -0.3 is 9.84 Å². The number of aromatic nitrogens is 2. The number of nitrogens with zero attached hydrogens (tertiary/aromatic N) is 2. The van der Waals surface area contributed by atoms with Gasteiger partial charge in [-0.15, -0.1) is 0 Å². The number of aliphatic hydroxyl groups is 1. The summed E-state index contributed by atoms with van der Waals surface area (Å²) >= 11 is 2.23. The first kappa shape index (κ1) is 12.4. The van der Waals surface area contributed by atoms with E-state index in [1.807, 2.05) is 53.1 Å². The molecule has 0 aliphatic carbocycles. The molecule has 1 aromatic carbocycles. The molecule has 4 nitrogen and oxygen atoms in total. The molecule has 0 atom stereocenters. The van der Waals surface area contributed by atoms with Crippen molar-refractivity contribution in [2.75, 3.05) is 0 Å². The number of hydrogen-bond acceptors (Lipinski definition) is 3. The average molecular weight is 366 g/mol. The number of hydrogen-bond donors (Lipinski definition) is 1. The monoisotopic (exact) mass is 366 g/mol. The van der Waals surface area contributed by atoms with Crippen molar-refractivity contribution in [3.8, 4) is 11.6 Å². The van der Waals surface area contributed by atoms with E-state index < -0.39 is 0 Å². The van der Waals surface area contributed by atoms with E-state index >= 15 is 0 Å². The van der Waals surface area contributed by atoms with Gasteiger partial charge >= 0.3 is 0 Å². The molecule has 0 saturated carbocycles. The zero-order chi connectivity index (χ0) is 13.2. The average Bonchev–Trinajstić information content (AvgIpc) is 2.75. The van der Waals surface area contributed by atoms with Crippen LogP contribution in [-0.4, -0.2) is 14.5 Å². The Morgan fingerprint density at radius 3 is 2.89 bits per heavy atom. The summed E-state index contributed by atoms with van der Waals surface area (Å²) in [5.74, 6) is 1.15. The second kappa shape index (κ2) is 5.18. The molecule has 5 heteroatoms. The molecule has 0 aliphatic heterocycles. The predicted molar refractivity (Wildman–Crippen MR) is 80.3 cm³/mol. The van der Waals surface area contributed by atoms with Crippen LogP contribution in [0.5, 0.6) is 11.6 Å². The first-order valence-corrected chi connectivity index (χ1v) is 6.86. The second-order valence-corrected chi connectivity index (χ2v) is 5.26. The smallest absolute Gasteiger partial charge is 0.243 e. The molecule has 0 bridgehead atoms. The zero-order valence-electron chi connectivity index (χ0n) is 9.95. The fraction of sp³-hybridized carbons (Fsp3) is 0.0714. The van der Waals surface area contributed by atoms with E-state index in [2.05, 4.69) is 27.6 Å². The molecule has 0 aliphatic rings. The molecule has 1 N–H and O–H groups in total. The highest BCUT2D eigenvalue weighted by Gasteiger charge is 2.13. The first-order chi connectivity index (χ1) is 9.28. The highest BCUT2D eigenvalue weighted by Crippen LogP contribution is 2.26. The van der Waals surface area contributed by atoms with Gasteiger partial charge in [0.15, 0.2) is 0 Å². The van der Waals surface area contributed by atoms with Gasteiger partial charge in [0, 0.05) is 9.77 Å². The number of ether oxygens (including phenoxy) is 1. The molecule has 2 aromatic heterocycles. The van der Waals surface area contributed by atoms with Crippen LogP contribution in [0.3, 0.4) is 0 Å². The van der Waals surface area contributed by atoms with E-state index in [0.29, 0.717) is 17.3 Å². The summed E-state index contributed by atoms with van der Waals surface area (Å²) in [6, 6.07) is 13.4. The molecule has 0 saturated heterocycles. The van der Waals surface area contributed by atoms with Gasteiger partial charge in [0.05, 0.1) is 6.61 Å². The Morgan fingerprint density at radius 2 is 2.11 bits per heavy atom. The quantitative estimate of drug-likeness (QED) is 0.725. The van der Waals surface area contributed by atoms with Crippen LogP contribution in [0.4, 0.5) is 0 Å². The van der Waals surface area contributed by atoms with Crippen LogP contribution in [0, 0.1) is 3.57 Å². The van der Waals surface area contributed by atoms with Crippen LogP contribution in [0.2, 0.25) is 0 Å². The largest absolute Gasteiger partial charge is 0.437 e. The fourth-order valence-electron chi connectivity index (χ4n) is 1.89. The summed E-state index contributed by atoms with van der Waals surface area (Å²) in [6.07, 6.45) is 1.86. The topological polar surface area (TPSA) is 46.8 Å². The summed E-state index contributed by atoms with van der Waals surface area (Å²) in [7, 11) is 0. The van der Waals surface area contributed by atoms with Crippen molar-refractivity contribution < 1.29 is 9.84 Å². The van der Waals surface area contributed by atoms with E-state index in [-0.39, 0.29) is 6.61 Å². The molecule has 0 radical (unpaired) electrons. The van der Waals surface area contributed by atoms with Crippen LogP contribution in [0.25, 0.3) is 5.65 Å². The Kier molecular flexibility index (Phi) is 3.39. The Balaban J connectivity index is 2.05. The molecular weight excluding hydrogens is 355 g/mol. The van der Waals surface area contributed by atoms with Gasteiger partial charge in [-0.25, -0.2) is 0 Å². The van der Waals surface area contributed by atoms with Gasteiger partial charge in [0.1, 0.15) is 17.1 Å². The third kappa shape index (κ3) is 2.43. The minimum Gasteiger partial charge on any atom is -0.437 e. The number of aliphatic hydroxyl groups excluding tert-OH is 1. The molecule has 3 rings (SSSR count). The third-order valence-electron chi connectivity index (χ3n) is 2.75. The molecule has 3 aromatic rings. The van der Waals surface area contributed by atoms with E-state index in [0.717, 1.165) is 9.22 Å². The van der Waals surface area contributed by atoms with Crippen LogP contribution >= 0.6 is 22.6 Å². The van der Waals surface area contributed by atoms with Crippen LogP contribution in [0.15, 0.2) is 48.7 Å². The lowest BCUT2D eigenvalue weighted by molar-refractivity contribution is 0.269. The van der Waals surface area contributed by atoms with E-state index in [1.165, 1.54) is 0 Å². The molecule has 0 unspecified atom stereocenters. The summed E-state index contributed by atoms with van der Waals surface area (Å²) in [5, 5.41) is 9.50. The highest BCUT2D eigenvalue weighted by molar-refractivity contribution is 14.1. The third-order valence-corrected chi connectivity index (χ3v) is 3.42. The lowest BCUT2D eigenvalue weighted by Crippen LogP contribution is -1.94. The van der Waals surface area contributed by atoms with Crippen molar-refractivity contribution in [3.05, 3.63) is 57.9 Å². The predicted octanol–water partition coefficient (Wildman–Crippen LogP) is 3.22. The maximum atomic E-state index is 9.50. The van der Waals surface area contributed by atoms with Crippen molar-refractivity contribution >= 4 is 28.2 Å². The van der Waals surface area contributed by atoms with E-state index in [1.54, 1.807) is 0 Å². The minimum absolute atomic E-state index is 0.121. The number of pyridine rings is 1. The Hall–Kier alpha value is -1.60. The number of benzene rings is 1. The molecule has 0 spiro atoms. The van der Waals surface area contributed by atoms with Gasteiger partial charge in [-0.3, -0.25) is 4.40 Å². The van der Waals surface area contributed by atoms with Gasteiger partial charge in [-0.2, -0.15) is 4.98 Å². The summed E-state index contributed by atoms with van der Waals surface area (Å²) in [5.41, 5.74) is 1.40.